The van der Waals surface area contributed by atoms with Gasteiger partial charge in [0.1, 0.15) is 47.3 Å². The molecule has 2 spiro atoms. The van der Waals surface area contributed by atoms with E-state index in [4.69, 9.17) is 0 Å². The molecule has 50 heavy (non-hydrogen) atoms. The SMILES string of the molecule is CCCCN1CCN(c2ncnc3[nH]ccc23)CC2(CC2)C1.Cc1[nH]c(C(=O)N2CCCN(c3ncnc4[nH]ccc34)CC23CC3)cc1C#N. The van der Waals surface area contributed by atoms with E-state index in [-0.39, 0.29) is 11.4 Å². The van der Waals surface area contributed by atoms with E-state index in [1.165, 1.54) is 38.8 Å². The number of anilines is 2. The van der Waals surface area contributed by atoms with Gasteiger partial charge in [0.2, 0.25) is 0 Å². The van der Waals surface area contributed by atoms with Gasteiger partial charge in [-0.25, -0.2) is 19.9 Å². The van der Waals surface area contributed by atoms with Crippen LogP contribution in [0.2, 0.25) is 0 Å². The molecule has 13 nitrogen and oxygen atoms in total. The molecule has 0 atom stereocenters. The normalized spacial score (nSPS) is 19.7. The molecule has 5 aromatic heterocycles. The van der Waals surface area contributed by atoms with Crippen LogP contribution in [0.25, 0.3) is 22.1 Å². The van der Waals surface area contributed by atoms with E-state index in [1.807, 2.05) is 30.3 Å². The molecule has 4 aliphatic rings. The number of rotatable bonds is 6. The fourth-order valence-electron chi connectivity index (χ4n) is 8.00. The van der Waals surface area contributed by atoms with Gasteiger partial charge in [0.15, 0.2) is 0 Å². The highest BCUT2D eigenvalue weighted by Gasteiger charge is 2.52. The summed E-state index contributed by atoms with van der Waals surface area (Å²) in [4.78, 5) is 49.9. The number of fused-ring (bicyclic) bond motifs is 2. The van der Waals surface area contributed by atoms with Gasteiger partial charge in [0.05, 0.1) is 21.9 Å². The number of amides is 1. The predicted octanol–water partition coefficient (Wildman–Crippen LogP) is 5.01. The Morgan fingerprint density at radius 1 is 0.880 bits per heavy atom. The molecule has 5 aromatic rings. The van der Waals surface area contributed by atoms with Crippen LogP contribution < -0.4 is 9.80 Å². The standard InChI is InChI=1S/C20H21N7O.C17H25N5/c1-13-14(10-21)9-16(25-13)19(28)27-8-2-7-26(11-20(27)4-5-20)18-15-3-6-22-17(15)23-12-24-18;1-2-3-8-21-9-10-22(12-17(11-21)5-6-17)16-14-4-7-18-15(14)19-13-20-16/h3,6,9,12,25H,2,4-5,7-8,11H2,1H3,(H,22,23,24);4,7,13H,2-3,5-6,8-12H2,1H3,(H,18,19,20). The van der Waals surface area contributed by atoms with Crippen molar-refractivity contribution >= 4 is 39.6 Å². The van der Waals surface area contributed by atoms with Gasteiger partial charge in [-0.2, -0.15) is 5.26 Å². The number of carbonyl (C=O) groups is 1. The van der Waals surface area contributed by atoms with Crippen LogP contribution in [0.3, 0.4) is 0 Å². The molecule has 1 amide bonds. The van der Waals surface area contributed by atoms with E-state index in [2.05, 4.69) is 68.6 Å². The van der Waals surface area contributed by atoms with Crippen LogP contribution in [0, 0.1) is 23.7 Å². The molecule has 0 radical (unpaired) electrons. The Hall–Kier alpha value is -4.96. The molecule has 2 aliphatic heterocycles. The molecule has 0 bridgehead atoms. The lowest BCUT2D eigenvalue weighted by Gasteiger charge is -2.32. The summed E-state index contributed by atoms with van der Waals surface area (Å²) in [5, 5.41) is 11.4. The summed E-state index contributed by atoms with van der Waals surface area (Å²) in [6.45, 7) is 12.3. The number of aryl methyl sites for hydroxylation is 1. The number of aromatic nitrogens is 7. The minimum absolute atomic E-state index is 0.0153. The smallest absolute Gasteiger partial charge is 0.270 e. The van der Waals surface area contributed by atoms with E-state index >= 15 is 0 Å². The number of nitrogens with zero attached hydrogens (tertiary/aromatic N) is 9. The number of hydrogen-bond acceptors (Lipinski definition) is 9. The molecule has 13 heteroatoms. The zero-order chi connectivity index (χ0) is 34.3. The number of nitrogens with one attached hydrogen (secondary N) is 3. The van der Waals surface area contributed by atoms with Crippen molar-refractivity contribution in [1.29, 1.82) is 5.26 Å². The second-order valence-corrected chi connectivity index (χ2v) is 14.7. The molecule has 2 aliphatic carbocycles. The topological polar surface area (TPSA) is 153 Å². The lowest BCUT2D eigenvalue weighted by atomic mass is 10.1. The Labute approximate surface area is 292 Å². The molecule has 3 N–H and O–H groups in total. The van der Waals surface area contributed by atoms with Crippen molar-refractivity contribution in [2.24, 2.45) is 5.41 Å². The Balaban J connectivity index is 0.000000149. The van der Waals surface area contributed by atoms with Gasteiger partial charge in [0.25, 0.3) is 5.91 Å². The lowest BCUT2D eigenvalue weighted by Crippen LogP contribution is -2.47. The quantitative estimate of drug-likeness (QED) is 0.226. The van der Waals surface area contributed by atoms with Gasteiger partial charge in [-0.1, -0.05) is 13.3 Å². The first kappa shape index (κ1) is 32.3. The summed E-state index contributed by atoms with van der Waals surface area (Å²) >= 11 is 0. The van der Waals surface area contributed by atoms with Crippen molar-refractivity contribution in [3.63, 3.8) is 0 Å². The minimum atomic E-state index is -0.160. The van der Waals surface area contributed by atoms with Crippen molar-refractivity contribution in [2.75, 3.05) is 62.2 Å². The first-order valence-corrected chi connectivity index (χ1v) is 18.1. The van der Waals surface area contributed by atoms with Crippen LogP contribution in [-0.2, 0) is 0 Å². The van der Waals surface area contributed by atoms with Crippen LogP contribution in [0.5, 0.6) is 0 Å². The van der Waals surface area contributed by atoms with Gasteiger partial charge >= 0.3 is 0 Å². The van der Waals surface area contributed by atoms with Crippen LogP contribution >= 0.6 is 0 Å². The van der Waals surface area contributed by atoms with Gasteiger partial charge in [-0.3, -0.25) is 4.79 Å². The Kier molecular flexibility index (Phi) is 8.42. The van der Waals surface area contributed by atoms with Gasteiger partial charge in [0, 0.05) is 69.3 Å². The molecule has 9 rings (SSSR count). The van der Waals surface area contributed by atoms with E-state index in [1.54, 1.807) is 18.7 Å². The number of unbranched alkanes of at least 4 members (excludes halogenated alkanes) is 1. The highest BCUT2D eigenvalue weighted by Crippen LogP contribution is 2.49. The van der Waals surface area contributed by atoms with Crippen molar-refractivity contribution in [3.05, 3.63) is 60.2 Å². The summed E-state index contributed by atoms with van der Waals surface area (Å²) in [5.74, 6) is 2.02. The maximum absolute atomic E-state index is 13.2. The fraction of sp³-hybridized carbons (Fsp3) is 0.514. The molecule has 7 heterocycles. The fourth-order valence-corrected chi connectivity index (χ4v) is 8.00. The van der Waals surface area contributed by atoms with Crippen molar-refractivity contribution in [1.82, 2.24) is 44.7 Å². The zero-order valence-corrected chi connectivity index (χ0v) is 29.1. The van der Waals surface area contributed by atoms with Crippen molar-refractivity contribution in [3.8, 4) is 6.07 Å². The largest absolute Gasteiger partial charge is 0.354 e. The summed E-state index contributed by atoms with van der Waals surface area (Å²) in [6.07, 6.45) is 15.3. The van der Waals surface area contributed by atoms with E-state index in [0.29, 0.717) is 23.2 Å². The molecule has 0 aromatic carbocycles. The van der Waals surface area contributed by atoms with Gasteiger partial charge < -0.3 is 34.6 Å². The Morgan fingerprint density at radius 3 is 2.16 bits per heavy atom. The lowest BCUT2D eigenvalue weighted by molar-refractivity contribution is 0.0664. The number of hydrogen-bond donors (Lipinski definition) is 3. The highest BCUT2D eigenvalue weighted by molar-refractivity contribution is 5.94. The number of H-pyrrole nitrogens is 3. The Bertz CT molecular complexity index is 2030. The first-order chi connectivity index (χ1) is 24.4. The average Bonchev–Trinajstić information content (AvgIpc) is 3.92. The van der Waals surface area contributed by atoms with Crippen molar-refractivity contribution in [2.45, 2.75) is 64.3 Å². The predicted molar refractivity (Wildman–Crippen MR) is 193 cm³/mol. The first-order valence-electron chi connectivity index (χ1n) is 18.1. The second-order valence-electron chi connectivity index (χ2n) is 14.7. The molecular weight excluding hydrogens is 628 g/mol. The second kappa shape index (κ2) is 13.1. The third kappa shape index (κ3) is 6.17. The van der Waals surface area contributed by atoms with Gasteiger partial charge in [-0.05, 0) is 70.2 Å². The summed E-state index contributed by atoms with van der Waals surface area (Å²) in [7, 11) is 0. The number of carbonyl (C=O) groups excluding carboxylic acids is 1. The highest BCUT2D eigenvalue weighted by atomic mass is 16.2. The molecular formula is C37H46N12O. The number of aromatic amines is 3. The maximum atomic E-state index is 13.2. The zero-order valence-electron chi connectivity index (χ0n) is 29.1. The monoisotopic (exact) mass is 674 g/mol. The van der Waals surface area contributed by atoms with Crippen LogP contribution in [0.1, 0.15) is 73.6 Å². The molecule has 2 saturated heterocycles. The maximum Gasteiger partial charge on any atom is 0.270 e. The molecule has 260 valence electrons. The Morgan fingerprint density at radius 2 is 1.56 bits per heavy atom. The molecule has 4 fully saturated rings. The van der Waals surface area contributed by atoms with Crippen LogP contribution in [-0.4, -0.2) is 108 Å². The van der Waals surface area contributed by atoms with Crippen LogP contribution in [0.15, 0.2) is 43.2 Å². The van der Waals surface area contributed by atoms with Crippen LogP contribution in [0.4, 0.5) is 11.6 Å². The van der Waals surface area contributed by atoms with E-state index < -0.39 is 0 Å². The van der Waals surface area contributed by atoms with E-state index in [0.717, 1.165) is 91.4 Å². The molecule has 0 unspecified atom stereocenters. The minimum Gasteiger partial charge on any atom is -0.354 e. The van der Waals surface area contributed by atoms with Gasteiger partial charge in [-0.15, -0.1) is 0 Å². The third-order valence-corrected chi connectivity index (χ3v) is 11.1. The van der Waals surface area contributed by atoms with E-state index in [9.17, 15) is 10.1 Å². The molecule has 2 saturated carbocycles. The third-order valence-electron chi connectivity index (χ3n) is 11.1. The summed E-state index contributed by atoms with van der Waals surface area (Å²) in [5.41, 5.74) is 3.90. The summed E-state index contributed by atoms with van der Waals surface area (Å²) < 4.78 is 0. The number of nitriles is 1. The van der Waals surface area contributed by atoms with Crippen molar-refractivity contribution < 1.29 is 4.79 Å². The summed E-state index contributed by atoms with van der Waals surface area (Å²) in [6, 6.07) is 7.91. The average molecular weight is 675 g/mol.